The summed E-state index contributed by atoms with van der Waals surface area (Å²) in [5.41, 5.74) is -0.688. The highest BCUT2D eigenvalue weighted by Crippen LogP contribution is 2.22. The average molecular weight is 166 g/mol. The molecular formula is C5H10O4S. The van der Waals surface area contributed by atoms with Crippen LogP contribution in [0.15, 0.2) is 0 Å². The van der Waals surface area contributed by atoms with E-state index in [1.54, 1.807) is 0 Å². The lowest BCUT2D eigenvalue weighted by molar-refractivity contribution is -0.00794. The van der Waals surface area contributed by atoms with Gasteiger partial charge in [-0.05, 0) is 0 Å². The molecule has 1 fully saturated rings. The van der Waals surface area contributed by atoms with Crippen LogP contribution in [0, 0.1) is 0 Å². The molecule has 3 N–H and O–H groups in total. The summed E-state index contributed by atoms with van der Waals surface area (Å²) in [5.74, 6) is 0. The van der Waals surface area contributed by atoms with E-state index in [0.717, 1.165) is 0 Å². The van der Waals surface area contributed by atoms with Crippen LogP contribution in [-0.2, 0) is 4.74 Å². The summed E-state index contributed by atoms with van der Waals surface area (Å²) >= 11 is 3.82. The van der Waals surface area contributed by atoms with E-state index < -0.39 is 23.7 Å². The van der Waals surface area contributed by atoms with Crippen LogP contribution in [0.1, 0.15) is 0 Å². The van der Waals surface area contributed by atoms with Gasteiger partial charge < -0.3 is 20.1 Å². The number of hydrogen-bond donors (Lipinski definition) is 4. The Hall–Kier alpha value is 0.190. The van der Waals surface area contributed by atoms with Crippen molar-refractivity contribution in [2.45, 2.75) is 23.7 Å². The standard InChI is InChI=1S/C5H10O4S/c6-1-2-3(7)4(8)5(10)9-2/h2-8,10H,1H2/t2-,3+,4-,5-/m1/s1. The number of aliphatic hydroxyl groups excluding tert-OH is 3. The second kappa shape index (κ2) is 3.06. The molecule has 0 radical (unpaired) electrons. The van der Waals surface area contributed by atoms with Crippen molar-refractivity contribution < 1.29 is 20.1 Å². The minimum absolute atomic E-state index is 0.296. The second-order valence-corrected chi connectivity index (χ2v) is 2.74. The van der Waals surface area contributed by atoms with Crippen LogP contribution in [0.2, 0.25) is 0 Å². The van der Waals surface area contributed by atoms with Crippen LogP contribution < -0.4 is 0 Å². The van der Waals surface area contributed by atoms with Crippen molar-refractivity contribution in [1.82, 2.24) is 0 Å². The van der Waals surface area contributed by atoms with Crippen molar-refractivity contribution in [3.8, 4) is 0 Å². The topological polar surface area (TPSA) is 69.9 Å². The van der Waals surface area contributed by atoms with E-state index in [9.17, 15) is 0 Å². The molecule has 0 aliphatic carbocycles. The Balaban J connectivity index is 2.53. The fourth-order valence-electron chi connectivity index (χ4n) is 0.880. The summed E-state index contributed by atoms with van der Waals surface area (Å²) in [6.45, 7) is -0.296. The van der Waals surface area contributed by atoms with Crippen LogP contribution in [0.5, 0.6) is 0 Å². The molecular weight excluding hydrogens is 156 g/mol. The van der Waals surface area contributed by atoms with Crippen molar-refractivity contribution in [3.63, 3.8) is 0 Å². The quantitative estimate of drug-likeness (QED) is 0.352. The molecule has 0 saturated carbocycles. The monoisotopic (exact) mass is 166 g/mol. The van der Waals surface area contributed by atoms with Crippen LogP contribution in [0.3, 0.4) is 0 Å². The summed E-state index contributed by atoms with van der Waals surface area (Å²) in [6.07, 6.45) is -2.72. The third-order valence-corrected chi connectivity index (χ3v) is 1.94. The minimum atomic E-state index is -1.02. The highest BCUT2D eigenvalue weighted by atomic mass is 32.1. The van der Waals surface area contributed by atoms with Crippen molar-refractivity contribution in [2.24, 2.45) is 0 Å². The first-order valence-corrected chi connectivity index (χ1v) is 3.49. The highest BCUT2D eigenvalue weighted by molar-refractivity contribution is 7.80. The first-order valence-electron chi connectivity index (χ1n) is 2.97. The van der Waals surface area contributed by atoms with Crippen molar-refractivity contribution >= 4 is 12.6 Å². The van der Waals surface area contributed by atoms with Gasteiger partial charge in [-0.25, -0.2) is 0 Å². The van der Waals surface area contributed by atoms with Crippen LogP contribution >= 0.6 is 12.6 Å². The van der Waals surface area contributed by atoms with Gasteiger partial charge in [0.1, 0.15) is 23.7 Å². The molecule has 0 aromatic rings. The van der Waals surface area contributed by atoms with Gasteiger partial charge in [0.15, 0.2) is 0 Å². The van der Waals surface area contributed by atoms with E-state index >= 15 is 0 Å². The smallest absolute Gasteiger partial charge is 0.129 e. The normalized spacial score (nSPS) is 48.0. The van der Waals surface area contributed by atoms with Gasteiger partial charge in [0.25, 0.3) is 0 Å². The van der Waals surface area contributed by atoms with E-state index in [1.807, 2.05) is 0 Å². The fourth-order valence-corrected chi connectivity index (χ4v) is 1.21. The summed E-state index contributed by atoms with van der Waals surface area (Å²) in [6, 6.07) is 0. The Kier molecular flexibility index (Phi) is 2.54. The van der Waals surface area contributed by atoms with Gasteiger partial charge >= 0.3 is 0 Å². The Morgan fingerprint density at radius 1 is 1.30 bits per heavy atom. The SMILES string of the molecule is OC[C@H]1O[C@H](S)[C@H](O)[C@H]1O. The van der Waals surface area contributed by atoms with Crippen LogP contribution in [0.25, 0.3) is 0 Å². The van der Waals surface area contributed by atoms with Gasteiger partial charge in [-0.2, -0.15) is 0 Å². The Labute approximate surface area is 63.8 Å². The van der Waals surface area contributed by atoms with E-state index in [2.05, 4.69) is 12.6 Å². The maximum absolute atomic E-state index is 9.04. The fraction of sp³-hybridized carbons (Fsp3) is 1.00. The summed E-state index contributed by atoms with van der Waals surface area (Å²) in [5, 5.41) is 26.6. The number of aliphatic hydroxyl groups is 3. The molecule has 0 aromatic carbocycles. The lowest BCUT2D eigenvalue weighted by Gasteiger charge is -2.09. The largest absolute Gasteiger partial charge is 0.394 e. The average Bonchev–Trinajstić information content (AvgIpc) is 2.17. The Morgan fingerprint density at radius 2 is 1.90 bits per heavy atom. The molecule has 1 rings (SSSR count). The molecule has 5 heteroatoms. The Morgan fingerprint density at radius 3 is 2.10 bits per heavy atom. The molecule has 10 heavy (non-hydrogen) atoms. The molecule has 0 unspecified atom stereocenters. The van der Waals surface area contributed by atoms with Crippen molar-refractivity contribution in [2.75, 3.05) is 6.61 Å². The van der Waals surface area contributed by atoms with E-state index in [0.29, 0.717) is 0 Å². The molecule has 1 aliphatic heterocycles. The first-order chi connectivity index (χ1) is 4.66. The first kappa shape index (κ1) is 8.29. The summed E-state index contributed by atoms with van der Waals surface area (Å²) < 4.78 is 4.85. The van der Waals surface area contributed by atoms with Gasteiger partial charge in [0.2, 0.25) is 0 Å². The zero-order chi connectivity index (χ0) is 7.72. The van der Waals surface area contributed by atoms with Crippen molar-refractivity contribution in [1.29, 1.82) is 0 Å². The third kappa shape index (κ3) is 1.28. The predicted octanol–water partition coefficient (Wildman–Crippen LogP) is -1.64. The van der Waals surface area contributed by atoms with Crippen LogP contribution in [-0.4, -0.2) is 45.7 Å². The van der Waals surface area contributed by atoms with Gasteiger partial charge in [0.05, 0.1) is 6.61 Å². The summed E-state index contributed by atoms with van der Waals surface area (Å²) in [7, 11) is 0. The highest BCUT2D eigenvalue weighted by Gasteiger charge is 2.40. The molecule has 0 spiro atoms. The van der Waals surface area contributed by atoms with Gasteiger partial charge in [-0.1, -0.05) is 0 Å². The maximum Gasteiger partial charge on any atom is 0.129 e. The number of thiol groups is 1. The number of rotatable bonds is 1. The zero-order valence-corrected chi connectivity index (χ0v) is 6.11. The van der Waals surface area contributed by atoms with Gasteiger partial charge in [-0.15, -0.1) is 12.6 Å². The Bertz CT molecular complexity index is 120. The lowest BCUT2D eigenvalue weighted by atomic mass is 10.2. The molecule has 1 aliphatic rings. The van der Waals surface area contributed by atoms with E-state index in [-0.39, 0.29) is 6.61 Å². The maximum atomic E-state index is 9.04. The molecule has 1 heterocycles. The molecule has 0 amide bonds. The predicted molar refractivity (Wildman–Crippen MR) is 36.7 cm³/mol. The zero-order valence-electron chi connectivity index (χ0n) is 5.21. The minimum Gasteiger partial charge on any atom is -0.394 e. The summed E-state index contributed by atoms with van der Waals surface area (Å²) in [4.78, 5) is 0. The van der Waals surface area contributed by atoms with Gasteiger partial charge in [0, 0.05) is 0 Å². The number of ether oxygens (including phenoxy) is 1. The van der Waals surface area contributed by atoms with Gasteiger partial charge in [-0.3, -0.25) is 0 Å². The molecule has 4 atom stereocenters. The molecule has 0 bridgehead atoms. The molecule has 4 nitrogen and oxygen atoms in total. The lowest BCUT2D eigenvalue weighted by Crippen LogP contribution is -2.32. The van der Waals surface area contributed by atoms with Crippen molar-refractivity contribution in [3.05, 3.63) is 0 Å². The molecule has 60 valence electrons. The third-order valence-electron chi connectivity index (χ3n) is 1.52. The molecule has 0 aromatic heterocycles. The van der Waals surface area contributed by atoms with Crippen LogP contribution in [0.4, 0.5) is 0 Å². The second-order valence-electron chi connectivity index (χ2n) is 2.23. The van der Waals surface area contributed by atoms with E-state index in [1.165, 1.54) is 0 Å². The van der Waals surface area contributed by atoms with E-state index in [4.69, 9.17) is 20.1 Å². The molecule has 1 saturated heterocycles. The number of hydrogen-bond acceptors (Lipinski definition) is 5.